The Labute approximate surface area is 94.3 Å². The van der Waals surface area contributed by atoms with Gasteiger partial charge in [-0.25, -0.2) is 4.98 Å². The molecule has 0 unspecified atom stereocenters. The third-order valence-corrected chi connectivity index (χ3v) is 3.28. The van der Waals surface area contributed by atoms with Gasteiger partial charge in [-0.2, -0.15) is 5.10 Å². The molecule has 2 aliphatic carbocycles. The van der Waals surface area contributed by atoms with E-state index < -0.39 is 5.60 Å². The van der Waals surface area contributed by atoms with Gasteiger partial charge in [0, 0.05) is 12.0 Å². The largest absolute Gasteiger partial charge is 0.390 e. The highest BCUT2D eigenvalue weighted by molar-refractivity contribution is 5.28. The number of aromatic nitrogens is 3. The predicted molar refractivity (Wildman–Crippen MR) is 59.1 cm³/mol. The smallest absolute Gasteiger partial charge is 0.243 e. The topological polar surface area (TPSA) is 70.9 Å². The van der Waals surface area contributed by atoms with Crippen molar-refractivity contribution in [2.75, 3.05) is 5.32 Å². The van der Waals surface area contributed by atoms with Crippen molar-refractivity contribution in [1.82, 2.24) is 15.2 Å². The fourth-order valence-corrected chi connectivity index (χ4v) is 2.24. The second-order valence-electron chi connectivity index (χ2n) is 5.23. The van der Waals surface area contributed by atoms with Gasteiger partial charge in [0.25, 0.3) is 0 Å². The summed E-state index contributed by atoms with van der Waals surface area (Å²) in [5, 5.41) is 20.8. The maximum atomic E-state index is 9.62. The SMILES string of the molecule is C[C@]1(O)C[C@@H](Nc2nncc(C3CC3)n2)C1. The van der Waals surface area contributed by atoms with Gasteiger partial charge in [-0.05, 0) is 32.6 Å². The lowest BCUT2D eigenvalue weighted by atomic mass is 9.77. The van der Waals surface area contributed by atoms with Crippen LogP contribution in [0.15, 0.2) is 6.20 Å². The molecule has 1 heterocycles. The number of rotatable bonds is 3. The van der Waals surface area contributed by atoms with Gasteiger partial charge < -0.3 is 10.4 Å². The first-order valence-corrected chi connectivity index (χ1v) is 5.81. The van der Waals surface area contributed by atoms with Gasteiger partial charge in [0.2, 0.25) is 5.95 Å². The number of nitrogens with zero attached hydrogens (tertiary/aromatic N) is 3. The molecule has 2 N–H and O–H groups in total. The molecule has 0 spiro atoms. The Morgan fingerprint density at radius 3 is 2.81 bits per heavy atom. The minimum Gasteiger partial charge on any atom is -0.390 e. The van der Waals surface area contributed by atoms with Gasteiger partial charge in [0.15, 0.2) is 0 Å². The molecule has 16 heavy (non-hydrogen) atoms. The Kier molecular flexibility index (Phi) is 2.10. The lowest BCUT2D eigenvalue weighted by Crippen LogP contribution is -2.48. The molecular formula is C11H16N4O. The molecule has 2 aliphatic rings. The molecule has 0 saturated heterocycles. The van der Waals surface area contributed by atoms with Crippen LogP contribution in [0.2, 0.25) is 0 Å². The number of hydrogen-bond acceptors (Lipinski definition) is 5. The van der Waals surface area contributed by atoms with E-state index in [1.165, 1.54) is 12.8 Å². The Morgan fingerprint density at radius 2 is 2.19 bits per heavy atom. The van der Waals surface area contributed by atoms with Gasteiger partial charge in [0.1, 0.15) is 0 Å². The predicted octanol–water partition coefficient (Wildman–Crippen LogP) is 1.07. The first kappa shape index (κ1) is 9.96. The van der Waals surface area contributed by atoms with Gasteiger partial charge in [0.05, 0.1) is 17.5 Å². The van der Waals surface area contributed by atoms with E-state index in [1.807, 2.05) is 6.92 Å². The molecule has 1 aromatic heterocycles. The molecule has 0 aromatic carbocycles. The van der Waals surface area contributed by atoms with Crippen LogP contribution in [-0.2, 0) is 0 Å². The molecule has 3 rings (SSSR count). The van der Waals surface area contributed by atoms with Crippen LogP contribution in [0.4, 0.5) is 5.95 Å². The van der Waals surface area contributed by atoms with E-state index in [9.17, 15) is 5.11 Å². The van der Waals surface area contributed by atoms with Crippen LogP contribution >= 0.6 is 0 Å². The minimum absolute atomic E-state index is 0.284. The molecule has 2 saturated carbocycles. The average Bonchev–Trinajstić information content (AvgIpc) is 2.98. The van der Waals surface area contributed by atoms with Gasteiger partial charge in [-0.1, -0.05) is 0 Å². The van der Waals surface area contributed by atoms with E-state index in [1.54, 1.807) is 6.20 Å². The van der Waals surface area contributed by atoms with Crippen LogP contribution in [0.5, 0.6) is 0 Å². The highest BCUT2D eigenvalue weighted by atomic mass is 16.3. The highest BCUT2D eigenvalue weighted by Gasteiger charge is 2.38. The summed E-state index contributed by atoms with van der Waals surface area (Å²) in [6, 6.07) is 0.284. The maximum absolute atomic E-state index is 9.62. The monoisotopic (exact) mass is 220 g/mol. The lowest BCUT2D eigenvalue weighted by Gasteiger charge is -2.41. The molecular weight excluding hydrogens is 204 g/mol. The first-order chi connectivity index (χ1) is 7.62. The molecule has 5 heteroatoms. The van der Waals surface area contributed by atoms with Crippen LogP contribution in [0.25, 0.3) is 0 Å². The summed E-state index contributed by atoms with van der Waals surface area (Å²) in [6.07, 6.45) is 5.69. The van der Waals surface area contributed by atoms with E-state index in [2.05, 4.69) is 20.5 Å². The Balaban J connectivity index is 1.64. The summed E-state index contributed by atoms with van der Waals surface area (Å²) in [6.45, 7) is 1.85. The fourth-order valence-electron chi connectivity index (χ4n) is 2.24. The van der Waals surface area contributed by atoms with Crippen LogP contribution in [-0.4, -0.2) is 31.9 Å². The molecule has 0 bridgehead atoms. The van der Waals surface area contributed by atoms with Gasteiger partial charge in [-0.3, -0.25) is 0 Å². The minimum atomic E-state index is -0.515. The Bertz CT molecular complexity index is 395. The molecule has 5 nitrogen and oxygen atoms in total. The fraction of sp³-hybridized carbons (Fsp3) is 0.727. The maximum Gasteiger partial charge on any atom is 0.243 e. The summed E-state index contributed by atoms with van der Waals surface area (Å²) in [5.41, 5.74) is 0.530. The van der Waals surface area contributed by atoms with Crippen LogP contribution in [0.1, 0.15) is 44.2 Å². The summed E-state index contributed by atoms with van der Waals surface area (Å²) in [5.74, 6) is 1.20. The van der Waals surface area contributed by atoms with Crippen molar-refractivity contribution in [3.05, 3.63) is 11.9 Å². The molecule has 1 aromatic rings. The molecule has 0 aliphatic heterocycles. The van der Waals surface area contributed by atoms with Crippen molar-refractivity contribution in [2.45, 2.75) is 50.2 Å². The molecule has 2 fully saturated rings. The highest BCUT2D eigenvalue weighted by Crippen LogP contribution is 2.39. The lowest BCUT2D eigenvalue weighted by molar-refractivity contribution is -0.0236. The second kappa shape index (κ2) is 3.38. The third-order valence-electron chi connectivity index (χ3n) is 3.28. The molecule has 0 amide bonds. The Morgan fingerprint density at radius 1 is 1.44 bits per heavy atom. The van der Waals surface area contributed by atoms with Crippen LogP contribution < -0.4 is 5.32 Å². The average molecular weight is 220 g/mol. The normalized spacial score (nSPS) is 33.2. The van der Waals surface area contributed by atoms with Crippen molar-refractivity contribution in [2.24, 2.45) is 0 Å². The molecule has 0 atom stereocenters. The van der Waals surface area contributed by atoms with E-state index in [-0.39, 0.29) is 6.04 Å². The zero-order chi connectivity index (χ0) is 11.2. The zero-order valence-electron chi connectivity index (χ0n) is 9.35. The van der Waals surface area contributed by atoms with Crippen LogP contribution in [0.3, 0.4) is 0 Å². The van der Waals surface area contributed by atoms with Gasteiger partial charge in [-0.15, -0.1) is 5.10 Å². The summed E-state index contributed by atoms with van der Waals surface area (Å²) in [4.78, 5) is 4.44. The number of hydrogen-bond donors (Lipinski definition) is 2. The van der Waals surface area contributed by atoms with E-state index >= 15 is 0 Å². The van der Waals surface area contributed by atoms with E-state index in [0.29, 0.717) is 11.9 Å². The second-order valence-corrected chi connectivity index (χ2v) is 5.23. The van der Waals surface area contributed by atoms with Crippen molar-refractivity contribution in [3.63, 3.8) is 0 Å². The van der Waals surface area contributed by atoms with E-state index in [4.69, 9.17) is 0 Å². The number of nitrogens with one attached hydrogen (secondary N) is 1. The number of aliphatic hydroxyl groups is 1. The summed E-state index contributed by atoms with van der Waals surface area (Å²) in [7, 11) is 0. The van der Waals surface area contributed by atoms with Crippen LogP contribution in [0, 0.1) is 0 Å². The quantitative estimate of drug-likeness (QED) is 0.797. The first-order valence-electron chi connectivity index (χ1n) is 5.81. The van der Waals surface area contributed by atoms with Crippen molar-refractivity contribution in [1.29, 1.82) is 0 Å². The van der Waals surface area contributed by atoms with Crippen molar-refractivity contribution >= 4 is 5.95 Å². The zero-order valence-corrected chi connectivity index (χ0v) is 9.35. The standard InChI is InChI=1S/C11H16N4O/c1-11(16)4-8(5-11)13-10-14-9(6-12-15-10)7-2-3-7/h6-8,16H,2-5H2,1H3,(H,13,14,15)/t8-,11+. The number of anilines is 1. The molecule has 86 valence electrons. The van der Waals surface area contributed by atoms with Crippen molar-refractivity contribution in [3.8, 4) is 0 Å². The van der Waals surface area contributed by atoms with E-state index in [0.717, 1.165) is 18.5 Å². The Hall–Kier alpha value is -1.23. The summed E-state index contributed by atoms with van der Waals surface area (Å²) >= 11 is 0. The summed E-state index contributed by atoms with van der Waals surface area (Å²) < 4.78 is 0. The molecule has 0 radical (unpaired) electrons. The third kappa shape index (κ3) is 2.00. The van der Waals surface area contributed by atoms with Gasteiger partial charge >= 0.3 is 0 Å². The van der Waals surface area contributed by atoms with Crippen molar-refractivity contribution < 1.29 is 5.11 Å².